The van der Waals surface area contributed by atoms with Crippen molar-refractivity contribution in [2.75, 3.05) is 6.54 Å². The maximum atomic E-state index is 11.4. The quantitative estimate of drug-likeness (QED) is 0.608. The highest BCUT2D eigenvalue weighted by Crippen LogP contribution is 2.23. The van der Waals surface area contributed by atoms with Crippen LogP contribution >= 0.6 is 0 Å². The summed E-state index contributed by atoms with van der Waals surface area (Å²) in [6, 6.07) is 4.70. The molecule has 0 aliphatic heterocycles. The number of aromatic hydroxyl groups is 1. The first-order valence-corrected chi connectivity index (χ1v) is 4.35. The minimum atomic E-state index is -0.282. The number of hydrogen-bond acceptors (Lipinski definition) is 4. The van der Waals surface area contributed by atoms with Crippen molar-refractivity contribution in [2.24, 2.45) is 5.73 Å². The normalized spacial score (nSPS) is 10.1. The van der Waals surface area contributed by atoms with E-state index in [0.717, 1.165) is 0 Å². The van der Waals surface area contributed by atoms with E-state index in [9.17, 15) is 9.90 Å². The van der Waals surface area contributed by atoms with Crippen LogP contribution in [0.2, 0.25) is 0 Å². The second kappa shape index (κ2) is 4.74. The fraction of sp³-hybridized carbons (Fsp3) is 0.300. The van der Waals surface area contributed by atoms with Gasteiger partial charge in [-0.3, -0.25) is 4.79 Å². The Morgan fingerprint density at radius 3 is 2.71 bits per heavy atom. The van der Waals surface area contributed by atoms with Crippen LogP contribution < -0.4 is 5.73 Å². The van der Waals surface area contributed by atoms with Crippen molar-refractivity contribution in [1.82, 2.24) is 0 Å². The maximum Gasteiger partial charge on any atom is 0.167 e. The van der Waals surface area contributed by atoms with Crippen molar-refractivity contribution in [2.45, 2.75) is 13.0 Å². The molecule has 0 atom stereocenters. The molecule has 4 N–H and O–H groups in total. The number of ketones is 1. The van der Waals surface area contributed by atoms with Gasteiger partial charge in [0.15, 0.2) is 5.78 Å². The Bertz CT molecular complexity index is 336. The highest BCUT2D eigenvalue weighted by atomic mass is 16.3. The number of rotatable bonds is 4. The molecule has 0 heterocycles. The second-order valence-corrected chi connectivity index (χ2v) is 2.93. The number of aliphatic hydroxyl groups excluding tert-OH is 1. The zero-order valence-electron chi connectivity index (χ0n) is 7.73. The fourth-order valence-electron chi connectivity index (χ4n) is 1.21. The Kier molecular flexibility index (Phi) is 3.62. The van der Waals surface area contributed by atoms with Gasteiger partial charge in [-0.1, -0.05) is 12.1 Å². The molecule has 0 saturated carbocycles. The van der Waals surface area contributed by atoms with Gasteiger partial charge in [-0.2, -0.15) is 0 Å². The molecule has 0 saturated heterocycles. The molecule has 0 radical (unpaired) electrons. The Hall–Kier alpha value is -1.39. The first-order valence-electron chi connectivity index (χ1n) is 4.35. The third-order valence-corrected chi connectivity index (χ3v) is 1.96. The van der Waals surface area contributed by atoms with Crippen LogP contribution in [-0.2, 0) is 6.61 Å². The summed E-state index contributed by atoms with van der Waals surface area (Å²) in [6.45, 7) is -0.0306. The lowest BCUT2D eigenvalue weighted by molar-refractivity contribution is 0.0982. The van der Waals surface area contributed by atoms with E-state index in [2.05, 4.69) is 0 Å². The smallest absolute Gasteiger partial charge is 0.167 e. The van der Waals surface area contributed by atoms with Crippen molar-refractivity contribution >= 4 is 5.78 Å². The van der Waals surface area contributed by atoms with Crippen LogP contribution in [0.1, 0.15) is 22.3 Å². The van der Waals surface area contributed by atoms with Gasteiger partial charge in [0, 0.05) is 12.0 Å². The van der Waals surface area contributed by atoms with Gasteiger partial charge < -0.3 is 15.9 Å². The van der Waals surface area contributed by atoms with Gasteiger partial charge >= 0.3 is 0 Å². The van der Waals surface area contributed by atoms with E-state index in [1.54, 1.807) is 12.1 Å². The standard InChI is InChI=1S/C10H13NO3/c11-5-4-9(13)8-3-1-2-7(6-12)10(8)14/h1-3,12,14H,4-6,11H2. The predicted octanol–water partition coefficient (Wildman–Crippen LogP) is 0.416. The SMILES string of the molecule is NCCC(=O)c1cccc(CO)c1O. The number of benzene rings is 1. The number of hydrogen-bond donors (Lipinski definition) is 3. The number of carbonyl (C=O) groups is 1. The molecular formula is C10H13NO3. The third-order valence-electron chi connectivity index (χ3n) is 1.96. The number of aliphatic hydroxyl groups is 1. The van der Waals surface area contributed by atoms with E-state index in [1.807, 2.05) is 0 Å². The molecule has 0 bridgehead atoms. The third kappa shape index (κ3) is 2.10. The number of carbonyl (C=O) groups excluding carboxylic acids is 1. The lowest BCUT2D eigenvalue weighted by Crippen LogP contribution is -2.08. The van der Waals surface area contributed by atoms with Gasteiger partial charge in [0.1, 0.15) is 5.75 Å². The highest BCUT2D eigenvalue weighted by molar-refractivity contribution is 5.99. The minimum absolute atomic E-state index is 0.145. The maximum absolute atomic E-state index is 11.4. The Balaban J connectivity index is 3.03. The molecule has 1 rings (SSSR count). The zero-order chi connectivity index (χ0) is 10.6. The summed E-state index contributed by atoms with van der Waals surface area (Å²) < 4.78 is 0. The van der Waals surface area contributed by atoms with Gasteiger partial charge in [-0.15, -0.1) is 0 Å². The average Bonchev–Trinajstić information content (AvgIpc) is 2.18. The van der Waals surface area contributed by atoms with Crippen LogP contribution in [0.25, 0.3) is 0 Å². The van der Waals surface area contributed by atoms with Crippen molar-refractivity contribution in [3.05, 3.63) is 29.3 Å². The molecule has 1 aromatic carbocycles. The molecule has 0 aliphatic carbocycles. The van der Waals surface area contributed by atoms with E-state index >= 15 is 0 Å². The number of Topliss-reactive ketones (excluding diaryl/α,β-unsaturated/α-hetero) is 1. The summed E-state index contributed by atoms with van der Waals surface area (Å²) in [7, 11) is 0. The molecule has 0 aliphatic rings. The summed E-state index contributed by atoms with van der Waals surface area (Å²) in [5.41, 5.74) is 5.81. The first-order chi connectivity index (χ1) is 6.70. The highest BCUT2D eigenvalue weighted by Gasteiger charge is 2.12. The van der Waals surface area contributed by atoms with Crippen molar-refractivity contribution in [1.29, 1.82) is 0 Å². The zero-order valence-corrected chi connectivity index (χ0v) is 7.73. The van der Waals surface area contributed by atoms with E-state index in [0.29, 0.717) is 5.56 Å². The monoisotopic (exact) mass is 195 g/mol. The summed E-state index contributed by atoms with van der Waals surface area (Å²) in [6.07, 6.45) is 0.197. The number of nitrogens with two attached hydrogens (primary N) is 1. The topological polar surface area (TPSA) is 83.6 Å². The lowest BCUT2D eigenvalue weighted by Gasteiger charge is -2.06. The average molecular weight is 195 g/mol. The van der Waals surface area contributed by atoms with Crippen LogP contribution in [0, 0.1) is 0 Å². The summed E-state index contributed by atoms with van der Waals surface area (Å²) >= 11 is 0. The molecular weight excluding hydrogens is 182 g/mol. The molecule has 1 aromatic rings. The fourth-order valence-corrected chi connectivity index (χ4v) is 1.21. The molecule has 4 heteroatoms. The van der Waals surface area contributed by atoms with Gasteiger partial charge in [0.2, 0.25) is 0 Å². The van der Waals surface area contributed by atoms with Crippen LogP contribution in [-0.4, -0.2) is 22.5 Å². The van der Waals surface area contributed by atoms with Gasteiger partial charge in [-0.25, -0.2) is 0 Å². The molecule has 0 fully saturated rings. The largest absolute Gasteiger partial charge is 0.507 e. The summed E-state index contributed by atoms with van der Waals surface area (Å²) in [4.78, 5) is 11.4. The molecule has 0 aromatic heterocycles. The van der Waals surface area contributed by atoms with Crippen molar-refractivity contribution in [3.8, 4) is 5.75 Å². The van der Waals surface area contributed by atoms with Gasteiger partial charge in [-0.05, 0) is 12.6 Å². The summed E-state index contributed by atoms with van der Waals surface area (Å²) in [5, 5.41) is 18.4. The van der Waals surface area contributed by atoms with Crippen LogP contribution in [0.5, 0.6) is 5.75 Å². The van der Waals surface area contributed by atoms with Gasteiger partial charge in [0.05, 0.1) is 12.2 Å². The van der Waals surface area contributed by atoms with Crippen LogP contribution in [0.15, 0.2) is 18.2 Å². The van der Waals surface area contributed by atoms with Crippen molar-refractivity contribution in [3.63, 3.8) is 0 Å². The first kappa shape index (κ1) is 10.7. The predicted molar refractivity (Wildman–Crippen MR) is 52.0 cm³/mol. The number of para-hydroxylation sites is 1. The molecule has 4 nitrogen and oxygen atoms in total. The molecule has 0 amide bonds. The second-order valence-electron chi connectivity index (χ2n) is 2.93. The Morgan fingerprint density at radius 1 is 1.43 bits per heavy atom. The Labute approximate surface area is 82.0 Å². The lowest BCUT2D eigenvalue weighted by atomic mass is 10.0. The van der Waals surface area contributed by atoms with E-state index in [1.165, 1.54) is 6.07 Å². The minimum Gasteiger partial charge on any atom is -0.507 e. The van der Waals surface area contributed by atoms with E-state index < -0.39 is 0 Å². The molecule has 14 heavy (non-hydrogen) atoms. The molecule has 76 valence electrons. The number of phenols is 1. The van der Waals surface area contributed by atoms with Crippen molar-refractivity contribution < 1.29 is 15.0 Å². The summed E-state index contributed by atoms with van der Waals surface area (Å²) in [5.74, 6) is -0.353. The van der Waals surface area contributed by atoms with Gasteiger partial charge in [0.25, 0.3) is 0 Å². The van der Waals surface area contributed by atoms with E-state index in [-0.39, 0.29) is 36.7 Å². The van der Waals surface area contributed by atoms with Crippen LogP contribution in [0.3, 0.4) is 0 Å². The molecule has 0 spiro atoms. The molecule has 0 unspecified atom stereocenters. The Morgan fingerprint density at radius 2 is 2.14 bits per heavy atom. The van der Waals surface area contributed by atoms with Crippen LogP contribution in [0.4, 0.5) is 0 Å². The van der Waals surface area contributed by atoms with E-state index in [4.69, 9.17) is 10.8 Å².